The molecule has 2 aromatic carbocycles. The molecule has 0 aliphatic carbocycles. The summed E-state index contributed by atoms with van der Waals surface area (Å²) in [5.74, 6) is -0.824. The second kappa shape index (κ2) is 5.29. The molecule has 0 saturated carbocycles. The van der Waals surface area contributed by atoms with Gasteiger partial charge >= 0.3 is 6.29 Å². The highest BCUT2D eigenvalue weighted by Crippen LogP contribution is 2.41. The highest BCUT2D eigenvalue weighted by Gasteiger charge is 2.43. The maximum absolute atomic E-state index is 13.0. The van der Waals surface area contributed by atoms with E-state index in [-0.39, 0.29) is 17.1 Å². The molecule has 9 heteroatoms. The molecule has 1 amide bonds. The van der Waals surface area contributed by atoms with Crippen LogP contribution in [0.25, 0.3) is 10.2 Å². The molecular formula is C15H7ClF2N2O3S. The second-order valence-electron chi connectivity index (χ2n) is 4.89. The maximum Gasteiger partial charge on any atom is 0.586 e. The molecule has 4 rings (SSSR count). The quantitative estimate of drug-likeness (QED) is 0.722. The van der Waals surface area contributed by atoms with Crippen molar-refractivity contribution in [3.63, 3.8) is 0 Å². The van der Waals surface area contributed by atoms with Crippen molar-refractivity contribution in [3.8, 4) is 11.5 Å². The van der Waals surface area contributed by atoms with Gasteiger partial charge in [-0.15, -0.1) is 8.78 Å². The summed E-state index contributed by atoms with van der Waals surface area (Å²) in [6.07, 6.45) is -3.72. The van der Waals surface area contributed by atoms with Crippen molar-refractivity contribution in [1.82, 2.24) is 4.98 Å². The van der Waals surface area contributed by atoms with Gasteiger partial charge in [0.15, 0.2) is 16.6 Å². The number of benzene rings is 2. The number of hydrogen-bond donors (Lipinski definition) is 1. The molecule has 122 valence electrons. The van der Waals surface area contributed by atoms with E-state index in [4.69, 9.17) is 11.6 Å². The number of carbonyl (C=O) groups excluding carboxylic acids is 1. The Hall–Kier alpha value is -2.45. The molecule has 5 nitrogen and oxygen atoms in total. The number of thiazole rings is 1. The number of carbonyl (C=O) groups is 1. The van der Waals surface area contributed by atoms with Gasteiger partial charge in [0.25, 0.3) is 5.91 Å². The first-order valence-electron chi connectivity index (χ1n) is 6.68. The van der Waals surface area contributed by atoms with Crippen LogP contribution in [0.4, 0.5) is 13.9 Å². The van der Waals surface area contributed by atoms with Crippen LogP contribution in [-0.4, -0.2) is 17.2 Å². The molecule has 2 heterocycles. The van der Waals surface area contributed by atoms with E-state index < -0.39 is 12.2 Å². The average molecular weight is 369 g/mol. The molecule has 1 aliphatic rings. The number of hydrogen-bond acceptors (Lipinski definition) is 5. The summed E-state index contributed by atoms with van der Waals surface area (Å²) in [7, 11) is 0. The Morgan fingerprint density at radius 1 is 1.21 bits per heavy atom. The van der Waals surface area contributed by atoms with E-state index in [2.05, 4.69) is 19.8 Å². The number of anilines is 1. The smallest absolute Gasteiger partial charge is 0.395 e. The predicted molar refractivity (Wildman–Crippen MR) is 85.2 cm³/mol. The molecule has 0 atom stereocenters. The van der Waals surface area contributed by atoms with Crippen LogP contribution < -0.4 is 14.8 Å². The fourth-order valence-electron chi connectivity index (χ4n) is 2.23. The first-order chi connectivity index (χ1) is 11.4. The number of amides is 1. The highest BCUT2D eigenvalue weighted by atomic mass is 35.5. The molecule has 3 aromatic rings. The van der Waals surface area contributed by atoms with Crippen LogP contribution in [-0.2, 0) is 0 Å². The van der Waals surface area contributed by atoms with Crippen LogP contribution in [0.15, 0.2) is 36.4 Å². The first kappa shape index (κ1) is 15.1. The lowest BCUT2D eigenvalue weighted by Crippen LogP contribution is -2.25. The summed E-state index contributed by atoms with van der Waals surface area (Å²) in [4.78, 5) is 16.5. The minimum Gasteiger partial charge on any atom is -0.395 e. The molecule has 0 saturated heterocycles. The Balaban J connectivity index is 1.59. The minimum absolute atomic E-state index is 0.122. The lowest BCUT2D eigenvalue weighted by molar-refractivity contribution is -0.286. The van der Waals surface area contributed by atoms with Crippen LogP contribution in [0.2, 0.25) is 5.02 Å². The molecule has 1 N–H and O–H groups in total. The fourth-order valence-corrected chi connectivity index (χ4v) is 3.39. The van der Waals surface area contributed by atoms with Crippen LogP contribution >= 0.6 is 22.9 Å². The minimum atomic E-state index is -3.72. The van der Waals surface area contributed by atoms with Gasteiger partial charge in [-0.3, -0.25) is 10.1 Å². The van der Waals surface area contributed by atoms with Crippen molar-refractivity contribution < 1.29 is 23.0 Å². The van der Waals surface area contributed by atoms with Gasteiger partial charge in [-0.2, -0.15) is 0 Å². The Labute approximate surface area is 142 Å². The van der Waals surface area contributed by atoms with E-state index >= 15 is 0 Å². The van der Waals surface area contributed by atoms with E-state index in [1.165, 1.54) is 29.5 Å². The number of fused-ring (bicyclic) bond motifs is 2. The lowest BCUT2D eigenvalue weighted by atomic mass is 10.2. The predicted octanol–water partition coefficient (Wildman–Crippen LogP) is 4.52. The van der Waals surface area contributed by atoms with Gasteiger partial charge in [0.2, 0.25) is 0 Å². The maximum atomic E-state index is 13.0. The monoisotopic (exact) mass is 368 g/mol. The first-order valence-corrected chi connectivity index (χ1v) is 7.87. The van der Waals surface area contributed by atoms with Gasteiger partial charge < -0.3 is 9.47 Å². The van der Waals surface area contributed by atoms with Crippen molar-refractivity contribution in [3.05, 3.63) is 47.0 Å². The van der Waals surface area contributed by atoms with E-state index in [1.54, 1.807) is 12.1 Å². The van der Waals surface area contributed by atoms with Gasteiger partial charge in [-0.05, 0) is 30.3 Å². The number of para-hydroxylation sites is 1. The summed E-state index contributed by atoms with van der Waals surface area (Å²) in [5.41, 5.74) is 0.727. The van der Waals surface area contributed by atoms with Gasteiger partial charge in [0.05, 0.1) is 9.72 Å². The van der Waals surface area contributed by atoms with E-state index in [0.717, 1.165) is 4.70 Å². The van der Waals surface area contributed by atoms with E-state index in [9.17, 15) is 13.6 Å². The number of aromatic nitrogens is 1. The van der Waals surface area contributed by atoms with Crippen molar-refractivity contribution in [1.29, 1.82) is 0 Å². The normalized spacial score (nSPS) is 14.8. The summed E-state index contributed by atoms with van der Waals surface area (Å²) >= 11 is 7.30. The Bertz CT molecular complexity index is 977. The van der Waals surface area contributed by atoms with Crippen LogP contribution in [0.3, 0.4) is 0 Å². The van der Waals surface area contributed by atoms with Crippen LogP contribution in [0.5, 0.6) is 11.5 Å². The third kappa shape index (κ3) is 2.63. The molecular weight excluding hydrogens is 362 g/mol. The molecule has 0 spiro atoms. The third-order valence-electron chi connectivity index (χ3n) is 3.25. The average Bonchev–Trinajstić information content (AvgIpc) is 3.05. The Morgan fingerprint density at radius 3 is 2.79 bits per heavy atom. The second-order valence-corrected chi connectivity index (χ2v) is 6.33. The fraction of sp³-hybridized carbons (Fsp3) is 0.0667. The summed E-state index contributed by atoms with van der Waals surface area (Å²) in [6, 6.07) is 9.11. The van der Waals surface area contributed by atoms with Crippen molar-refractivity contribution in [2.45, 2.75) is 6.29 Å². The zero-order valence-corrected chi connectivity index (χ0v) is 13.3. The number of nitrogens with zero attached hydrogens (tertiary/aromatic N) is 1. The molecule has 0 radical (unpaired) electrons. The summed E-state index contributed by atoms with van der Waals surface area (Å²) in [5, 5.41) is 3.45. The summed E-state index contributed by atoms with van der Waals surface area (Å²) < 4.78 is 35.5. The standard InChI is InChI=1S/C15H7ClF2N2O3S/c16-8-2-1-3-11-12(8)19-14(24-11)20-13(21)7-4-5-9-10(6-7)23-15(17,18)22-9/h1-6H,(H,19,20,21). The van der Waals surface area contributed by atoms with Gasteiger partial charge in [-0.1, -0.05) is 29.0 Å². The van der Waals surface area contributed by atoms with Crippen molar-refractivity contribution in [2.75, 3.05) is 5.32 Å². The Morgan fingerprint density at radius 2 is 2.00 bits per heavy atom. The van der Waals surface area contributed by atoms with Gasteiger partial charge in [0, 0.05) is 5.56 Å². The number of ether oxygens (including phenoxy) is 2. The van der Waals surface area contributed by atoms with Crippen LogP contribution in [0.1, 0.15) is 10.4 Å². The molecule has 0 unspecified atom stereocenters. The Kier molecular flexibility index (Phi) is 3.33. The lowest BCUT2D eigenvalue weighted by Gasteiger charge is -2.04. The molecule has 1 aromatic heterocycles. The largest absolute Gasteiger partial charge is 0.586 e. The molecule has 24 heavy (non-hydrogen) atoms. The van der Waals surface area contributed by atoms with Gasteiger partial charge in [0.1, 0.15) is 5.52 Å². The highest BCUT2D eigenvalue weighted by molar-refractivity contribution is 7.22. The van der Waals surface area contributed by atoms with Gasteiger partial charge in [-0.25, -0.2) is 4.98 Å². The van der Waals surface area contributed by atoms with Crippen molar-refractivity contribution >= 4 is 44.2 Å². The molecule has 0 bridgehead atoms. The summed E-state index contributed by atoms with van der Waals surface area (Å²) in [6.45, 7) is 0. The number of rotatable bonds is 2. The van der Waals surface area contributed by atoms with Crippen molar-refractivity contribution in [2.24, 2.45) is 0 Å². The number of alkyl halides is 2. The molecule has 0 fully saturated rings. The zero-order valence-electron chi connectivity index (χ0n) is 11.7. The van der Waals surface area contributed by atoms with Crippen LogP contribution in [0, 0.1) is 0 Å². The number of halogens is 3. The van der Waals surface area contributed by atoms with E-state index in [1.807, 2.05) is 6.07 Å². The number of nitrogens with one attached hydrogen (secondary N) is 1. The SMILES string of the molecule is O=C(Nc1nc2c(Cl)cccc2s1)c1ccc2c(c1)OC(F)(F)O2. The third-order valence-corrected chi connectivity index (χ3v) is 4.49. The topological polar surface area (TPSA) is 60.5 Å². The van der Waals surface area contributed by atoms with E-state index in [0.29, 0.717) is 15.7 Å². The zero-order chi connectivity index (χ0) is 16.9. The molecule has 1 aliphatic heterocycles.